The summed E-state index contributed by atoms with van der Waals surface area (Å²) in [7, 11) is 0. The number of fused-ring (bicyclic) bond motifs is 1. The zero-order valence-electron chi connectivity index (χ0n) is 9.46. The minimum absolute atomic E-state index is 0.471. The fourth-order valence-corrected chi connectivity index (χ4v) is 1.89. The molecule has 4 nitrogen and oxygen atoms in total. The zero-order valence-corrected chi connectivity index (χ0v) is 9.46. The van der Waals surface area contributed by atoms with Gasteiger partial charge in [-0.05, 0) is 29.8 Å². The van der Waals surface area contributed by atoms with Gasteiger partial charge in [0.2, 0.25) is 0 Å². The van der Waals surface area contributed by atoms with E-state index in [2.05, 4.69) is 34.6 Å². The predicted octanol–water partition coefficient (Wildman–Crippen LogP) is 2.31. The van der Waals surface area contributed by atoms with Crippen LogP contribution in [-0.2, 0) is 0 Å². The highest BCUT2D eigenvalue weighted by molar-refractivity contribution is 5.84. The monoisotopic (exact) mass is 224 g/mol. The van der Waals surface area contributed by atoms with E-state index < -0.39 is 0 Å². The first kappa shape index (κ1) is 9.84. The van der Waals surface area contributed by atoms with Crippen molar-refractivity contribution in [2.75, 3.05) is 5.73 Å². The molecule has 0 aliphatic carbocycles. The molecule has 4 heteroatoms. The van der Waals surface area contributed by atoms with Gasteiger partial charge in [0.15, 0.2) is 5.82 Å². The molecule has 0 spiro atoms. The van der Waals surface area contributed by atoms with Crippen molar-refractivity contribution < 1.29 is 0 Å². The lowest BCUT2D eigenvalue weighted by Crippen LogP contribution is -1.99. The Bertz CT molecular complexity index is 685. The van der Waals surface area contributed by atoms with E-state index >= 15 is 0 Å². The predicted molar refractivity (Wildman–Crippen MR) is 68.0 cm³/mol. The number of hydrogen-bond donors (Lipinski definition) is 1. The van der Waals surface area contributed by atoms with Crippen molar-refractivity contribution in [3.05, 3.63) is 48.2 Å². The highest BCUT2D eigenvalue weighted by Gasteiger charge is 2.07. The van der Waals surface area contributed by atoms with Crippen molar-refractivity contribution in [1.29, 1.82) is 0 Å². The zero-order chi connectivity index (χ0) is 11.8. The van der Waals surface area contributed by atoms with Crippen LogP contribution in [0.2, 0.25) is 0 Å². The second-order valence-corrected chi connectivity index (χ2v) is 4.00. The molecule has 2 N–H and O–H groups in total. The Morgan fingerprint density at radius 2 is 1.82 bits per heavy atom. The minimum atomic E-state index is 0.471. The summed E-state index contributed by atoms with van der Waals surface area (Å²) in [5.41, 5.74) is 7.53. The third kappa shape index (κ3) is 1.54. The van der Waals surface area contributed by atoms with Crippen molar-refractivity contribution >= 4 is 16.6 Å². The van der Waals surface area contributed by atoms with Gasteiger partial charge in [-0.2, -0.15) is 0 Å². The van der Waals surface area contributed by atoms with Crippen molar-refractivity contribution in [2.45, 2.75) is 6.92 Å². The number of nitrogens with zero attached hydrogens (tertiary/aromatic N) is 3. The molecule has 17 heavy (non-hydrogen) atoms. The molecule has 3 aromatic rings. The van der Waals surface area contributed by atoms with E-state index in [0.29, 0.717) is 5.82 Å². The second kappa shape index (κ2) is 3.59. The highest BCUT2D eigenvalue weighted by atomic mass is 15.4. The van der Waals surface area contributed by atoms with Gasteiger partial charge in [0.1, 0.15) is 0 Å². The molecule has 0 radical (unpaired) electrons. The molecule has 2 aromatic carbocycles. The summed E-state index contributed by atoms with van der Waals surface area (Å²) in [5, 5.41) is 10.3. The fourth-order valence-electron chi connectivity index (χ4n) is 1.89. The van der Waals surface area contributed by atoms with Crippen LogP contribution in [0.25, 0.3) is 16.5 Å². The maximum Gasteiger partial charge on any atom is 0.169 e. The standard InChI is InChI=1S/C13H12N4/c1-9-13(14)15-16-17(9)12-7-6-10-4-2-3-5-11(10)8-12/h2-8H,14H2,1H3. The van der Waals surface area contributed by atoms with E-state index in [9.17, 15) is 0 Å². The Morgan fingerprint density at radius 3 is 2.53 bits per heavy atom. The normalized spacial score (nSPS) is 10.9. The van der Waals surface area contributed by atoms with Crippen molar-refractivity contribution in [1.82, 2.24) is 15.0 Å². The van der Waals surface area contributed by atoms with Gasteiger partial charge in [-0.25, -0.2) is 4.68 Å². The van der Waals surface area contributed by atoms with Gasteiger partial charge in [0, 0.05) is 0 Å². The molecule has 3 rings (SSSR count). The van der Waals surface area contributed by atoms with Crippen LogP contribution < -0.4 is 5.73 Å². The number of nitrogens with two attached hydrogens (primary N) is 1. The van der Waals surface area contributed by atoms with Crippen molar-refractivity contribution in [3.63, 3.8) is 0 Å². The Labute approximate surface area is 98.7 Å². The van der Waals surface area contributed by atoms with E-state index in [1.165, 1.54) is 10.8 Å². The third-order valence-electron chi connectivity index (χ3n) is 2.91. The summed E-state index contributed by atoms with van der Waals surface area (Å²) in [6.45, 7) is 1.91. The van der Waals surface area contributed by atoms with Gasteiger partial charge in [0.05, 0.1) is 11.4 Å². The summed E-state index contributed by atoms with van der Waals surface area (Å²) < 4.78 is 1.75. The molecule has 0 saturated carbocycles. The van der Waals surface area contributed by atoms with Crippen LogP contribution in [0, 0.1) is 6.92 Å². The fraction of sp³-hybridized carbons (Fsp3) is 0.0769. The first-order chi connectivity index (χ1) is 8.25. The van der Waals surface area contributed by atoms with Crippen LogP contribution in [-0.4, -0.2) is 15.0 Å². The topological polar surface area (TPSA) is 56.7 Å². The molecule has 0 aliphatic rings. The number of hydrogen-bond acceptors (Lipinski definition) is 3. The van der Waals surface area contributed by atoms with Gasteiger partial charge < -0.3 is 5.73 Å². The lowest BCUT2D eigenvalue weighted by molar-refractivity contribution is 0.786. The quantitative estimate of drug-likeness (QED) is 0.690. The first-order valence-corrected chi connectivity index (χ1v) is 5.42. The number of benzene rings is 2. The number of anilines is 1. The molecule has 0 bridgehead atoms. The Balaban J connectivity index is 2.21. The maximum atomic E-state index is 5.70. The molecular weight excluding hydrogens is 212 g/mol. The van der Waals surface area contributed by atoms with E-state index in [1.807, 2.05) is 25.1 Å². The summed E-state index contributed by atoms with van der Waals surface area (Å²) in [6.07, 6.45) is 0. The van der Waals surface area contributed by atoms with E-state index in [1.54, 1.807) is 4.68 Å². The van der Waals surface area contributed by atoms with Gasteiger partial charge in [-0.15, -0.1) is 5.10 Å². The lowest BCUT2D eigenvalue weighted by atomic mass is 10.1. The van der Waals surface area contributed by atoms with Gasteiger partial charge in [0.25, 0.3) is 0 Å². The van der Waals surface area contributed by atoms with Gasteiger partial charge in [-0.3, -0.25) is 0 Å². The number of rotatable bonds is 1. The summed E-state index contributed by atoms with van der Waals surface area (Å²) >= 11 is 0. The van der Waals surface area contributed by atoms with E-state index in [-0.39, 0.29) is 0 Å². The highest BCUT2D eigenvalue weighted by Crippen LogP contribution is 2.19. The average molecular weight is 224 g/mol. The second-order valence-electron chi connectivity index (χ2n) is 4.00. The molecule has 84 valence electrons. The molecule has 0 saturated heterocycles. The number of nitrogen functional groups attached to an aromatic ring is 1. The Kier molecular flexibility index (Phi) is 2.08. The molecular formula is C13H12N4. The minimum Gasteiger partial charge on any atom is -0.381 e. The molecule has 1 heterocycles. The van der Waals surface area contributed by atoms with Crippen LogP contribution in [0.15, 0.2) is 42.5 Å². The molecule has 0 unspecified atom stereocenters. The molecule has 0 aliphatic heterocycles. The van der Waals surface area contributed by atoms with Crippen LogP contribution in [0.3, 0.4) is 0 Å². The summed E-state index contributed by atoms with van der Waals surface area (Å²) in [6, 6.07) is 14.4. The smallest absolute Gasteiger partial charge is 0.169 e. The molecule has 0 fully saturated rings. The summed E-state index contributed by atoms with van der Waals surface area (Å²) in [5.74, 6) is 0.471. The first-order valence-electron chi connectivity index (χ1n) is 5.42. The van der Waals surface area contributed by atoms with Crippen LogP contribution in [0.1, 0.15) is 5.69 Å². The van der Waals surface area contributed by atoms with Crippen LogP contribution >= 0.6 is 0 Å². The van der Waals surface area contributed by atoms with E-state index in [0.717, 1.165) is 11.4 Å². The molecule has 1 aromatic heterocycles. The van der Waals surface area contributed by atoms with E-state index in [4.69, 9.17) is 5.73 Å². The lowest BCUT2D eigenvalue weighted by Gasteiger charge is -2.04. The Morgan fingerprint density at radius 1 is 1.06 bits per heavy atom. The third-order valence-corrected chi connectivity index (χ3v) is 2.91. The number of aromatic nitrogens is 3. The molecule has 0 atom stereocenters. The van der Waals surface area contributed by atoms with Crippen LogP contribution in [0.4, 0.5) is 5.82 Å². The Hall–Kier alpha value is -2.36. The SMILES string of the molecule is Cc1c(N)nnn1-c1ccc2ccccc2c1. The van der Waals surface area contributed by atoms with Crippen molar-refractivity contribution in [2.24, 2.45) is 0 Å². The average Bonchev–Trinajstić information content (AvgIpc) is 2.70. The van der Waals surface area contributed by atoms with Crippen LogP contribution in [0.5, 0.6) is 0 Å². The van der Waals surface area contributed by atoms with Crippen molar-refractivity contribution in [3.8, 4) is 5.69 Å². The largest absolute Gasteiger partial charge is 0.381 e. The molecule has 0 amide bonds. The summed E-state index contributed by atoms with van der Waals surface area (Å²) in [4.78, 5) is 0. The van der Waals surface area contributed by atoms with Gasteiger partial charge >= 0.3 is 0 Å². The maximum absolute atomic E-state index is 5.70. The van der Waals surface area contributed by atoms with Gasteiger partial charge in [-0.1, -0.05) is 35.5 Å².